The van der Waals surface area contributed by atoms with Crippen molar-refractivity contribution in [2.45, 2.75) is 44.9 Å². The summed E-state index contributed by atoms with van der Waals surface area (Å²) in [7, 11) is 0. The van der Waals surface area contributed by atoms with Crippen molar-refractivity contribution in [1.82, 2.24) is 15.0 Å². The maximum absolute atomic E-state index is 6.45. The Hall–Kier alpha value is -5.87. The summed E-state index contributed by atoms with van der Waals surface area (Å²) in [6.45, 7) is 9.47. The minimum absolute atomic E-state index is 0.0973. The molecule has 1 aliphatic rings. The Kier molecular flexibility index (Phi) is 6.86. The molecule has 0 radical (unpaired) electrons. The molecule has 2 heterocycles. The third kappa shape index (κ3) is 5.11. The summed E-state index contributed by atoms with van der Waals surface area (Å²) in [4.78, 5) is 15.4. The average molecular weight is 648 g/mol. The molecule has 8 aromatic rings. The Morgan fingerprint density at radius 1 is 0.440 bits per heavy atom. The van der Waals surface area contributed by atoms with E-state index in [0.717, 1.165) is 61.7 Å². The first-order valence-corrected chi connectivity index (χ1v) is 17.3. The highest BCUT2D eigenvalue weighted by Gasteiger charge is 2.41. The summed E-state index contributed by atoms with van der Waals surface area (Å²) in [5.74, 6) is 1.81. The van der Waals surface area contributed by atoms with Crippen LogP contribution < -0.4 is 0 Å². The Balaban J connectivity index is 1.28. The largest absolute Gasteiger partial charge is 0.455 e. The van der Waals surface area contributed by atoms with Crippen molar-refractivity contribution in [2.24, 2.45) is 0 Å². The van der Waals surface area contributed by atoms with E-state index in [2.05, 4.69) is 113 Å². The zero-order chi connectivity index (χ0) is 34.0. The second-order valence-electron chi connectivity index (χ2n) is 14.8. The minimum Gasteiger partial charge on any atom is -0.455 e. The highest BCUT2D eigenvalue weighted by atomic mass is 16.3. The van der Waals surface area contributed by atoms with Crippen molar-refractivity contribution in [3.63, 3.8) is 0 Å². The number of rotatable bonds is 5. The summed E-state index contributed by atoms with van der Waals surface area (Å²) in [6, 6.07) is 48.8. The molecule has 0 fully saturated rings. The SMILES string of the molecule is CC1(C)CC(C)(C)c2cc(-c3cc(-c4ccccc4)cc(-c4nc(-c5ccccc5)nc(-c5cccc6c5oc5ccccc56)n4)c3)ccc21. The van der Waals surface area contributed by atoms with Gasteiger partial charge in [0.15, 0.2) is 17.5 Å². The van der Waals surface area contributed by atoms with E-state index >= 15 is 0 Å². The van der Waals surface area contributed by atoms with Crippen LogP contribution in [0, 0.1) is 0 Å². The first kappa shape index (κ1) is 30.2. The first-order valence-electron chi connectivity index (χ1n) is 17.3. The fourth-order valence-electron chi connectivity index (χ4n) is 8.15. The minimum atomic E-state index is 0.0973. The molecule has 4 nitrogen and oxygen atoms in total. The summed E-state index contributed by atoms with van der Waals surface area (Å²) >= 11 is 0. The molecule has 4 heteroatoms. The second-order valence-corrected chi connectivity index (χ2v) is 14.8. The van der Waals surface area contributed by atoms with Gasteiger partial charge in [-0.1, -0.05) is 137 Å². The molecular weight excluding hydrogens is 611 g/mol. The highest BCUT2D eigenvalue weighted by molar-refractivity contribution is 6.09. The van der Waals surface area contributed by atoms with Crippen LogP contribution in [-0.4, -0.2) is 15.0 Å². The van der Waals surface area contributed by atoms with Gasteiger partial charge in [0.1, 0.15) is 11.2 Å². The monoisotopic (exact) mass is 647 g/mol. The van der Waals surface area contributed by atoms with Crippen LogP contribution in [0.25, 0.3) is 78.4 Å². The van der Waals surface area contributed by atoms with Crippen LogP contribution in [-0.2, 0) is 10.8 Å². The molecule has 2 aromatic heterocycles. The van der Waals surface area contributed by atoms with Gasteiger partial charge < -0.3 is 4.42 Å². The van der Waals surface area contributed by atoms with Gasteiger partial charge in [0.05, 0.1) is 5.56 Å². The van der Waals surface area contributed by atoms with Gasteiger partial charge in [-0.2, -0.15) is 0 Å². The number of benzene rings is 6. The fraction of sp³-hybridized carbons (Fsp3) is 0.152. The Bertz CT molecular complexity index is 2560. The summed E-state index contributed by atoms with van der Waals surface area (Å²) in [6.07, 6.45) is 1.13. The fourth-order valence-corrected chi connectivity index (χ4v) is 8.15. The molecule has 6 aromatic carbocycles. The van der Waals surface area contributed by atoms with Crippen LogP contribution in [0.3, 0.4) is 0 Å². The Labute approximate surface area is 292 Å². The molecule has 50 heavy (non-hydrogen) atoms. The van der Waals surface area contributed by atoms with Crippen molar-refractivity contribution in [1.29, 1.82) is 0 Å². The molecule has 0 saturated carbocycles. The predicted molar refractivity (Wildman–Crippen MR) is 205 cm³/mol. The van der Waals surface area contributed by atoms with E-state index in [4.69, 9.17) is 19.4 Å². The van der Waals surface area contributed by atoms with Crippen LogP contribution in [0.4, 0.5) is 0 Å². The molecule has 0 unspecified atom stereocenters. The van der Waals surface area contributed by atoms with Gasteiger partial charge in [-0.25, -0.2) is 15.0 Å². The lowest BCUT2D eigenvalue weighted by atomic mass is 9.82. The molecule has 242 valence electrons. The number of furan rings is 1. The molecule has 0 aliphatic heterocycles. The van der Waals surface area contributed by atoms with Gasteiger partial charge in [-0.15, -0.1) is 0 Å². The molecule has 0 saturated heterocycles. The van der Waals surface area contributed by atoms with Crippen molar-refractivity contribution < 1.29 is 4.42 Å². The van der Waals surface area contributed by atoms with E-state index in [1.54, 1.807) is 0 Å². The Morgan fingerprint density at radius 2 is 1.02 bits per heavy atom. The lowest BCUT2D eigenvalue weighted by molar-refractivity contribution is 0.403. The summed E-state index contributed by atoms with van der Waals surface area (Å²) < 4.78 is 6.45. The molecule has 0 spiro atoms. The summed E-state index contributed by atoms with van der Waals surface area (Å²) in [5, 5.41) is 2.11. The number of aromatic nitrogens is 3. The summed E-state index contributed by atoms with van der Waals surface area (Å²) in [5.41, 5.74) is 12.0. The van der Waals surface area contributed by atoms with E-state index in [-0.39, 0.29) is 10.8 Å². The second kappa shape index (κ2) is 11.3. The number of para-hydroxylation sites is 2. The molecule has 0 bridgehead atoms. The zero-order valence-electron chi connectivity index (χ0n) is 28.7. The molecule has 1 aliphatic carbocycles. The average Bonchev–Trinajstić information content (AvgIpc) is 3.62. The number of nitrogens with zero attached hydrogens (tertiary/aromatic N) is 3. The van der Waals surface area contributed by atoms with Crippen molar-refractivity contribution in [3.8, 4) is 56.4 Å². The number of hydrogen-bond acceptors (Lipinski definition) is 4. The topological polar surface area (TPSA) is 51.8 Å². The van der Waals surface area contributed by atoms with E-state index in [1.165, 1.54) is 16.7 Å². The zero-order valence-corrected chi connectivity index (χ0v) is 28.7. The van der Waals surface area contributed by atoms with Crippen LogP contribution in [0.1, 0.15) is 45.2 Å². The standard InChI is InChI=1S/C46H37N3O/c1-45(2)28-46(3,4)39-27-31(22-23-38(39)45)33-24-32(29-14-7-5-8-15-29)25-34(26-33)43-47-42(30-16-9-6-10-17-30)48-44(49-43)37-20-13-19-36-35-18-11-12-21-40(35)50-41(36)37/h5-27H,28H2,1-4H3. The van der Waals surface area contributed by atoms with E-state index < -0.39 is 0 Å². The molecule has 0 atom stereocenters. The van der Waals surface area contributed by atoms with Crippen LogP contribution in [0.15, 0.2) is 144 Å². The van der Waals surface area contributed by atoms with E-state index in [1.807, 2.05) is 54.6 Å². The van der Waals surface area contributed by atoms with Gasteiger partial charge in [0.2, 0.25) is 0 Å². The van der Waals surface area contributed by atoms with Gasteiger partial charge in [0, 0.05) is 21.9 Å². The smallest absolute Gasteiger partial charge is 0.167 e. The number of fused-ring (bicyclic) bond motifs is 4. The van der Waals surface area contributed by atoms with Crippen LogP contribution in [0.2, 0.25) is 0 Å². The third-order valence-corrected chi connectivity index (χ3v) is 10.3. The van der Waals surface area contributed by atoms with Crippen LogP contribution in [0.5, 0.6) is 0 Å². The molecule has 9 rings (SSSR count). The van der Waals surface area contributed by atoms with Gasteiger partial charge in [-0.3, -0.25) is 0 Å². The molecular formula is C46H37N3O. The Morgan fingerprint density at radius 3 is 1.78 bits per heavy atom. The van der Waals surface area contributed by atoms with Crippen molar-refractivity contribution in [2.75, 3.05) is 0 Å². The lowest BCUT2D eigenvalue weighted by Crippen LogP contribution is -2.17. The first-order chi connectivity index (χ1) is 24.2. The lowest BCUT2D eigenvalue weighted by Gasteiger charge is -2.22. The third-order valence-electron chi connectivity index (χ3n) is 10.3. The van der Waals surface area contributed by atoms with E-state index in [9.17, 15) is 0 Å². The van der Waals surface area contributed by atoms with Crippen molar-refractivity contribution >= 4 is 21.9 Å². The maximum Gasteiger partial charge on any atom is 0.167 e. The van der Waals surface area contributed by atoms with Crippen molar-refractivity contribution in [3.05, 3.63) is 151 Å². The molecule has 0 amide bonds. The van der Waals surface area contributed by atoms with Gasteiger partial charge >= 0.3 is 0 Å². The van der Waals surface area contributed by atoms with Gasteiger partial charge in [0.25, 0.3) is 0 Å². The predicted octanol–water partition coefficient (Wildman–Crippen LogP) is 12.1. The normalized spacial score (nSPS) is 14.6. The van der Waals surface area contributed by atoms with Crippen LogP contribution >= 0.6 is 0 Å². The maximum atomic E-state index is 6.45. The van der Waals surface area contributed by atoms with Gasteiger partial charge in [-0.05, 0) is 81.0 Å². The number of hydrogen-bond donors (Lipinski definition) is 0. The highest BCUT2D eigenvalue weighted by Crippen LogP contribution is 2.50. The van der Waals surface area contributed by atoms with E-state index in [0.29, 0.717) is 17.5 Å². The quantitative estimate of drug-likeness (QED) is 0.186. The molecule has 0 N–H and O–H groups in total.